The number of hydrogen-bond donors (Lipinski definition) is 1. The van der Waals surface area contributed by atoms with E-state index in [4.69, 9.17) is 16.3 Å². The van der Waals surface area contributed by atoms with Crippen LogP contribution in [0.4, 0.5) is 0 Å². The highest BCUT2D eigenvalue weighted by Gasteiger charge is 2.49. The lowest BCUT2D eigenvalue weighted by atomic mass is 9.93. The zero-order valence-corrected chi connectivity index (χ0v) is 17.6. The number of aliphatic hydroxyl groups is 1. The SMILES string of the molecule is COc1cc(/C(O)=C2/C(=O)C(=O)N(C3CCCCC3)C2c2cccs2)ccc1Cl. The zero-order chi connectivity index (χ0) is 20.5. The topological polar surface area (TPSA) is 66.8 Å². The highest BCUT2D eigenvalue weighted by Crippen LogP contribution is 2.44. The number of nitrogens with zero attached hydrogens (tertiary/aromatic N) is 1. The van der Waals surface area contributed by atoms with E-state index in [2.05, 4.69) is 0 Å². The van der Waals surface area contributed by atoms with E-state index in [1.165, 1.54) is 18.4 Å². The van der Waals surface area contributed by atoms with Crippen LogP contribution in [0, 0.1) is 0 Å². The van der Waals surface area contributed by atoms with Crippen LogP contribution in [0.3, 0.4) is 0 Å². The average molecular weight is 432 g/mol. The number of methoxy groups -OCH3 is 1. The largest absolute Gasteiger partial charge is 0.507 e. The third-order valence-electron chi connectivity index (χ3n) is 5.69. The van der Waals surface area contributed by atoms with Crippen LogP contribution in [0.15, 0.2) is 41.3 Å². The number of likely N-dealkylation sites (tertiary alicyclic amines) is 1. The van der Waals surface area contributed by atoms with Crippen molar-refractivity contribution in [2.24, 2.45) is 0 Å². The van der Waals surface area contributed by atoms with Crippen molar-refractivity contribution in [1.29, 1.82) is 0 Å². The lowest BCUT2D eigenvalue weighted by molar-refractivity contribution is -0.141. The van der Waals surface area contributed by atoms with Gasteiger partial charge in [0.15, 0.2) is 0 Å². The summed E-state index contributed by atoms with van der Waals surface area (Å²) in [5, 5.41) is 13.4. The van der Waals surface area contributed by atoms with Crippen LogP contribution in [-0.4, -0.2) is 34.8 Å². The fraction of sp³-hybridized carbons (Fsp3) is 0.364. The normalized spacial score (nSPS) is 22.3. The highest BCUT2D eigenvalue weighted by atomic mass is 35.5. The molecule has 1 saturated heterocycles. The number of ether oxygens (including phenoxy) is 1. The predicted octanol–water partition coefficient (Wildman–Crippen LogP) is 5.16. The van der Waals surface area contributed by atoms with Crippen LogP contribution in [0.2, 0.25) is 5.02 Å². The summed E-state index contributed by atoms with van der Waals surface area (Å²) in [7, 11) is 1.48. The number of aliphatic hydroxyl groups excluding tert-OH is 1. The molecule has 1 saturated carbocycles. The Hall–Kier alpha value is -2.31. The van der Waals surface area contributed by atoms with Crippen molar-refractivity contribution in [1.82, 2.24) is 4.90 Å². The Morgan fingerprint density at radius 1 is 1.21 bits per heavy atom. The molecule has 1 aliphatic heterocycles. The van der Waals surface area contributed by atoms with Gasteiger partial charge < -0.3 is 14.7 Å². The van der Waals surface area contributed by atoms with Gasteiger partial charge in [0.1, 0.15) is 11.5 Å². The van der Waals surface area contributed by atoms with E-state index >= 15 is 0 Å². The van der Waals surface area contributed by atoms with Crippen molar-refractivity contribution in [3.63, 3.8) is 0 Å². The summed E-state index contributed by atoms with van der Waals surface area (Å²) in [6.45, 7) is 0. The number of Topliss-reactive ketones (excluding diaryl/α,β-unsaturated/α-hetero) is 1. The minimum absolute atomic E-state index is 0.0114. The van der Waals surface area contributed by atoms with Crippen molar-refractivity contribution >= 4 is 40.4 Å². The molecule has 7 heteroatoms. The first-order valence-corrected chi connectivity index (χ1v) is 11.0. The van der Waals surface area contributed by atoms with Gasteiger partial charge in [-0.25, -0.2) is 0 Å². The maximum Gasteiger partial charge on any atom is 0.295 e. The van der Waals surface area contributed by atoms with Gasteiger partial charge in [0, 0.05) is 16.5 Å². The van der Waals surface area contributed by atoms with Crippen LogP contribution in [0.5, 0.6) is 5.75 Å². The molecule has 0 radical (unpaired) electrons. The van der Waals surface area contributed by atoms with Crippen molar-refractivity contribution in [2.75, 3.05) is 7.11 Å². The van der Waals surface area contributed by atoms with Gasteiger partial charge in [0.25, 0.3) is 11.7 Å². The number of rotatable bonds is 4. The third kappa shape index (κ3) is 3.55. The Morgan fingerprint density at radius 3 is 2.62 bits per heavy atom. The number of amides is 1. The molecular formula is C22H22ClNO4S. The van der Waals surface area contributed by atoms with Crippen LogP contribution >= 0.6 is 22.9 Å². The van der Waals surface area contributed by atoms with Crippen molar-refractivity contribution in [2.45, 2.75) is 44.2 Å². The maximum absolute atomic E-state index is 13.0. The summed E-state index contributed by atoms with van der Waals surface area (Å²) in [4.78, 5) is 28.6. The van der Waals surface area contributed by atoms with Crippen LogP contribution in [0.25, 0.3) is 5.76 Å². The molecule has 0 bridgehead atoms. The lowest BCUT2D eigenvalue weighted by Gasteiger charge is -2.34. The summed E-state index contributed by atoms with van der Waals surface area (Å²) in [6.07, 6.45) is 4.99. The van der Waals surface area contributed by atoms with Crippen molar-refractivity contribution in [3.8, 4) is 5.75 Å². The molecular weight excluding hydrogens is 410 g/mol. The molecule has 2 heterocycles. The molecule has 152 valence electrons. The summed E-state index contributed by atoms with van der Waals surface area (Å²) < 4.78 is 5.24. The van der Waals surface area contributed by atoms with Gasteiger partial charge in [-0.3, -0.25) is 9.59 Å². The van der Waals surface area contributed by atoms with Gasteiger partial charge in [-0.2, -0.15) is 0 Å². The fourth-order valence-corrected chi connectivity index (χ4v) is 5.30. The van der Waals surface area contributed by atoms with Crippen molar-refractivity contribution < 1.29 is 19.4 Å². The number of ketones is 1. The molecule has 29 heavy (non-hydrogen) atoms. The first-order valence-electron chi connectivity index (χ1n) is 9.70. The summed E-state index contributed by atoms with van der Waals surface area (Å²) in [5.74, 6) is -0.974. The van der Waals surface area contributed by atoms with Crippen LogP contribution < -0.4 is 4.74 Å². The Kier molecular flexibility index (Phi) is 5.65. The maximum atomic E-state index is 13.0. The monoisotopic (exact) mass is 431 g/mol. The minimum atomic E-state index is -0.639. The smallest absolute Gasteiger partial charge is 0.295 e. The van der Waals surface area contributed by atoms with E-state index in [1.54, 1.807) is 23.1 Å². The lowest BCUT2D eigenvalue weighted by Crippen LogP contribution is -2.40. The Bertz CT molecular complexity index is 963. The van der Waals surface area contributed by atoms with Gasteiger partial charge in [-0.05, 0) is 42.5 Å². The fourth-order valence-electron chi connectivity index (χ4n) is 4.27. The van der Waals surface area contributed by atoms with E-state index in [-0.39, 0.29) is 17.4 Å². The Balaban J connectivity index is 1.85. The number of halogens is 1. The number of benzene rings is 1. The number of hydrogen-bond acceptors (Lipinski definition) is 5. The number of carbonyl (C=O) groups is 2. The third-order valence-corrected chi connectivity index (χ3v) is 6.92. The predicted molar refractivity (Wildman–Crippen MR) is 113 cm³/mol. The number of thiophene rings is 1. The number of carbonyl (C=O) groups excluding carboxylic acids is 2. The summed E-state index contributed by atoms with van der Waals surface area (Å²) in [6, 6.07) is 8.06. The molecule has 1 atom stereocenters. The Morgan fingerprint density at radius 2 is 1.97 bits per heavy atom. The average Bonchev–Trinajstić information content (AvgIpc) is 3.36. The van der Waals surface area contributed by atoms with Gasteiger partial charge in [-0.15, -0.1) is 11.3 Å². The van der Waals surface area contributed by atoms with E-state index in [0.29, 0.717) is 16.3 Å². The molecule has 1 aromatic heterocycles. The van der Waals surface area contributed by atoms with Crippen molar-refractivity contribution in [3.05, 3.63) is 56.7 Å². The summed E-state index contributed by atoms with van der Waals surface area (Å²) in [5.41, 5.74) is 0.529. The van der Waals surface area contributed by atoms with E-state index in [0.717, 1.165) is 37.0 Å². The van der Waals surface area contributed by atoms with Crippen LogP contribution in [0.1, 0.15) is 48.6 Å². The van der Waals surface area contributed by atoms with E-state index in [9.17, 15) is 14.7 Å². The molecule has 1 aromatic carbocycles. The highest BCUT2D eigenvalue weighted by molar-refractivity contribution is 7.10. The van der Waals surface area contributed by atoms with Crippen LogP contribution in [-0.2, 0) is 9.59 Å². The Labute approximate surface area is 178 Å². The molecule has 0 spiro atoms. The first kappa shape index (κ1) is 20.0. The van der Waals surface area contributed by atoms with E-state index in [1.807, 2.05) is 17.5 Å². The second-order valence-corrected chi connectivity index (χ2v) is 8.75. The molecule has 1 amide bonds. The summed E-state index contributed by atoms with van der Waals surface area (Å²) >= 11 is 7.58. The molecule has 2 fully saturated rings. The molecule has 2 aliphatic rings. The van der Waals surface area contributed by atoms with Gasteiger partial charge in [0.2, 0.25) is 0 Å². The standard InChI is InChI=1S/C22H22ClNO4S/c1-28-16-12-13(9-10-15(16)23)20(25)18-19(17-8-5-11-29-17)24(22(27)21(18)26)14-6-3-2-4-7-14/h5,8-12,14,19,25H,2-4,6-7H2,1H3/b20-18-. The molecule has 5 nitrogen and oxygen atoms in total. The van der Waals surface area contributed by atoms with Gasteiger partial charge >= 0.3 is 0 Å². The molecule has 1 unspecified atom stereocenters. The minimum Gasteiger partial charge on any atom is -0.507 e. The zero-order valence-electron chi connectivity index (χ0n) is 16.1. The second kappa shape index (κ2) is 8.20. The molecule has 4 rings (SSSR count). The quantitative estimate of drug-likeness (QED) is 0.412. The molecule has 1 aliphatic carbocycles. The molecule has 2 aromatic rings. The first-order chi connectivity index (χ1) is 14.0. The van der Waals surface area contributed by atoms with E-state index < -0.39 is 17.7 Å². The van der Waals surface area contributed by atoms with Gasteiger partial charge in [0.05, 0.1) is 23.7 Å². The second-order valence-electron chi connectivity index (χ2n) is 7.36. The molecule has 1 N–H and O–H groups in total. The van der Waals surface area contributed by atoms with Gasteiger partial charge in [-0.1, -0.05) is 36.9 Å².